The van der Waals surface area contributed by atoms with E-state index in [9.17, 15) is 81.7 Å². The van der Waals surface area contributed by atoms with E-state index in [0.717, 1.165) is 0 Å². The van der Waals surface area contributed by atoms with Crippen LogP contribution >= 0.6 is 0 Å². The standard InChI is InChI=1S/C39H66O25/c1-11-23(44)27(48)31(52)36(57-11)56-10-22-26(47)30(51)34(55)39(64-22)61-19-7-14-16(5-13(42)6-17(14)59-37-32(53)28(49)24(45)20(8-40)62-37)58-35(19)12-2-3-15(43)18(4-12)60-38-33(54)29(50)25(46)21(9-41)63-38/h11-55H,2-10H2,1H3/p+1. The summed E-state index contributed by atoms with van der Waals surface area (Å²) in [7, 11) is 0. The predicted octanol–water partition coefficient (Wildman–Crippen LogP) is -9.01. The van der Waals surface area contributed by atoms with Gasteiger partial charge in [-0.25, -0.2) is 0 Å². The van der Waals surface area contributed by atoms with Crippen LogP contribution in [0.25, 0.3) is 0 Å². The fraction of sp³-hybridized carbons (Fsp3) is 1.00. The second-order valence-corrected chi connectivity index (χ2v) is 18.3. The number of rotatable bonds is 12. The molecule has 0 spiro atoms. The zero-order valence-corrected chi connectivity index (χ0v) is 35.0. The molecule has 0 amide bonds. The zero-order chi connectivity index (χ0) is 46.5. The van der Waals surface area contributed by atoms with E-state index in [0.29, 0.717) is 6.42 Å². The van der Waals surface area contributed by atoms with E-state index in [4.69, 9.17) is 42.6 Å². The van der Waals surface area contributed by atoms with Crippen LogP contribution < -0.4 is 0 Å². The van der Waals surface area contributed by atoms with Gasteiger partial charge in [-0.3, -0.25) is 0 Å². The van der Waals surface area contributed by atoms with Gasteiger partial charge in [0.05, 0.1) is 56.3 Å². The van der Waals surface area contributed by atoms with Crippen molar-refractivity contribution in [3.8, 4) is 0 Å². The molecule has 0 aromatic rings. The third-order valence-electron chi connectivity index (χ3n) is 14.0. The molecular weight excluding hydrogens is 868 g/mol. The summed E-state index contributed by atoms with van der Waals surface area (Å²) in [6, 6.07) is 0. The summed E-state index contributed by atoms with van der Waals surface area (Å²) in [6.45, 7) is -0.573. The number of ether oxygens (including phenoxy) is 9. The van der Waals surface area contributed by atoms with Crippen LogP contribution in [0.1, 0.15) is 45.4 Å². The molecule has 64 heavy (non-hydrogen) atoms. The van der Waals surface area contributed by atoms with Gasteiger partial charge < -0.3 is 124 Å². The number of hydrogen-bond donors (Lipinski definition) is 16. The highest BCUT2D eigenvalue weighted by Crippen LogP contribution is 2.44. The van der Waals surface area contributed by atoms with Gasteiger partial charge in [-0.2, -0.15) is 0 Å². The number of aliphatic hydroxyl groups excluding tert-OH is 16. The van der Waals surface area contributed by atoms with Gasteiger partial charge in [-0.1, -0.05) is 0 Å². The molecule has 7 aliphatic rings. The molecule has 5 saturated heterocycles. The number of fused-ring (bicyclic) bond motifs is 1. The summed E-state index contributed by atoms with van der Waals surface area (Å²) in [6.07, 6.45) is -38.0. The molecule has 7 fully saturated rings. The van der Waals surface area contributed by atoms with Crippen molar-refractivity contribution in [3.63, 3.8) is 0 Å². The fourth-order valence-electron chi connectivity index (χ4n) is 10.1. The quantitative estimate of drug-likeness (QED) is 0.0808. The molecule has 5 aliphatic heterocycles. The molecule has 2 saturated carbocycles. The van der Waals surface area contributed by atoms with Gasteiger partial charge in [0.25, 0.3) is 0 Å². The van der Waals surface area contributed by atoms with Gasteiger partial charge >= 0.3 is 0 Å². The molecule has 2 aliphatic carbocycles. The van der Waals surface area contributed by atoms with Gasteiger partial charge in [0.2, 0.25) is 0 Å². The van der Waals surface area contributed by atoms with Crippen molar-refractivity contribution in [3.05, 3.63) is 0 Å². The Morgan fingerprint density at radius 3 is 1.52 bits per heavy atom. The van der Waals surface area contributed by atoms with E-state index in [1.54, 1.807) is 0 Å². The smallest absolute Gasteiger partial charge is 0.187 e. The lowest BCUT2D eigenvalue weighted by atomic mass is 9.72. The van der Waals surface area contributed by atoms with Crippen molar-refractivity contribution >= 4 is 0 Å². The van der Waals surface area contributed by atoms with Crippen molar-refractivity contribution < 1.29 is 124 Å². The molecule has 0 bridgehead atoms. The monoisotopic (exact) mass is 935 g/mol. The maximum Gasteiger partial charge on any atom is 0.187 e. The lowest BCUT2D eigenvalue weighted by molar-refractivity contribution is -0.371. The van der Waals surface area contributed by atoms with Crippen molar-refractivity contribution in [2.24, 2.45) is 11.8 Å². The SMILES string of the molecule is CC1OC(OCC2OC(OC3CC4C(OC5OC(CO)C(O)C(O)C5O)CC(O)CC4[OH+]C3C3CCC(O)C(OC4OC(CO)C(O)C(O)C4O)C3)C(O)C(O)C2O)C(O)C(O)C1O. The predicted molar refractivity (Wildman–Crippen MR) is 204 cm³/mol. The Labute approximate surface area is 366 Å². The zero-order valence-electron chi connectivity index (χ0n) is 35.0. The minimum Gasteiger partial charge on any atom is -0.427 e. The molecule has 17 N–H and O–H groups in total. The highest BCUT2D eigenvalue weighted by molar-refractivity contribution is 5.01. The first-order valence-corrected chi connectivity index (χ1v) is 22.0. The Balaban J connectivity index is 1.12. The summed E-state index contributed by atoms with van der Waals surface area (Å²) in [5.41, 5.74) is 0. The van der Waals surface area contributed by atoms with Gasteiger partial charge in [-0.05, 0) is 32.6 Å². The first-order valence-electron chi connectivity index (χ1n) is 22.0. The van der Waals surface area contributed by atoms with Crippen LogP contribution in [0.15, 0.2) is 0 Å². The molecule has 7 rings (SSSR count). The highest BCUT2D eigenvalue weighted by Gasteiger charge is 2.57. The summed E-state index contributed by atoms with van der Waals surface area (Å²) < 4.78 is 52.1. The Morgan fingerprint density at radius 2 is 0.953 bits per heavy atom. The molecule has 29 atom stereocenters. The molecular formula is C39H67O25+. The molecule has 5 heterocycles. The molecule has 372 valence electrons. The minimum absolute atomic E-state index is 0.0139. The Kier molecular flexibility index (Phi) is 17.0. The summed E-state index contributed by atoms with van der Waals surface area (Å²) >= 11 is 0. The lowest BCUT2D eigenvalue weighted by Gasteiger charge is -2.50. The lowest BCUT2D eigenvalue weighted by Crippen LogP contribution is -2.64. The molecule has 29 unspecified atom stereocenters. The average molecular weight is 936 g/mol. The second kappa shape index (κ2) is 21.3. The number of aliphatic hydroxyl groups is 18. The third-order valence-corrected chi connectivity index (χ3v) is 14.0. The van der Waals surface area contributed by atoms with Crippen LogP contribution in [0.5, 0.6) is 0 Å². The van der Waals surface area contributed by atoms with Gasteiger partial charge in [0.15, 0.2) is 37.4 Å². The highest BCUT2D eigenvalue weighted by atomic mass is 16.7. The van der Waals surface area contributed by atoms with Crippen molar-refractivity contribution in [2.45, 2.75) is 211 Å². The van der Waals surface area contributed by atoms with E-state index in [-0.39, 0.29) is 32.1 Å². The molecule has 0 aromatic carbocycles. The van der Waals surface area contributed by atoms with Crippen molar-refractivity contribution in [1.29, 1.82) is 0 Å². The molecule has 0 aromatic heterocycles. The van der Waals surface area contributed by atoms with Gasteiger partial charge in [0, 0.05) is 18.8 Å². The maximum absolute atomic E-state index is 11.3. The first kappa shape index (κ1) is 50.9. The summed E-state index contributed by atoms with van der Waals surface area (Å²) in [5.74, 6) is -1.14. The van der Waals surface area contributed by atoms with E-state index >= 15 is 0 Å². The minimum atomic E-state index is -1.88. The van der Waals surface area contributed by atoms with Crippen LogP contribution in [0.3, 0.4) is 0 Å². The fourth-order valence-corrected chi connectivity index (χ4v) is 10.1. The topological polar surface area (TPSA) is 410 Å². The van der Waals surface area contributed by atoms with Crippen LogP contribution in [0.2, 0.25) is 0 Å². The number of hydrogen-bond acceptors (Lipinski definition) is 24. The molecule has 25 heteroatoms. The van der Waals surface area contributed by atoms with E-state index < -0.39 is 197 Å². The van der Waals surface area contributed by atoms with Crippen LogP contribution in [0.4, 0.5) is 0 Å². The average Bonchev–Trinajstić information content (AvgIpc) is 3.27. The van der Waals surface area contributed by atoms with Gasteiger partial charge in [-0.15, -0.1) is 0 Å². The summed E-state index contributed by atoms with van der Waals surface area (Å²) in [5, 5.41) is 169. The Hall–Kier alpha value is -1.00. The Morgan fingerprint density at radius 1 is 0.469 bits per heavy atom. The maximum atomic E-state index is 11.3. The first-order chi connectivity index (χ1) is 30.3. The normalized spacial score (nSPS) is 55.2. The molecule has 25 nitrogen and oxygen atoms in total. The van der Waals surface area contributed by atoms with E-state index in [1.807, 2.05) is 0 Å². The van der Waals surface area contributed by atoms with Crippen molar-refractivity contribution in [1.82, 2.24) is 0 Å². The second-order valence-electron chi connectivity index (χ2n) is 18.3. The third kappa shape index (κ3) is 10.4. The van der Waals surface area contributed by atoms with E-state index in [2.05, 4.69) is 0 Å². The summed E-state index contributed by atoms with van der Waals surface area (Å²) in [4.78, 5) is 0. The van der Waals surface area contributed by atoms with Gasteiger partial charge in [0.1, 0.15) is 97.7 Å². The largest absolute Gasteiger partial charge is 0.427 e. The van der Waals surface area contributed by atoms with Crippen molar-refractivity contribution in [2.75, 3.05) is 19.8 Å². The Bertz CT molecular complexity index is 1470. The van der Waals surface area contributed by atoms with Crippen LogP contribution in [-0.2, 0) is 37.9 Å². The van der Waals surface area contributed by atoms with Crippen LogP contribution in [0, 0.1) is 11.8 Å². The molecule has 0 radical (unpaired) electrons. The van der Waals surface area contributed by atoms with E-state index in [1.165, 1.54) is 6.92 Å². The van der Waals surface area contributed by atoms with Crippen LogP contribution in [-0.4, -0.2) is 272 Å².